The van der Waals surface area contributed by atoms with Crippen LogP contribution < -0.4 is 16.9 Å². The highest BCUT2D eigenvalue weighted by Gasteiger charge is 2.02. The van der Waals surface area contributed by atoms with Gasteiger partial charge in [0, 0.05) is 0 Å². The molecule has 0 bridgehead atoms. The molecule has 86 valence electrons. The molecule has 5 N–H and O–H groups in total. The van der Waals surface area contributed by atoms with Crippen molar-refractivity contribution in [3.05, 3.63) is 41.4 Å². The summed E-state index contributed by atoms with van der Waals surface area (Å²) in [6, 6.07) is 0. The van der Waals surface area contributed by atoms with E-state index in [1.165, 1.54) is 0 Å². The number of rotatable bonds is 0. The average molecular weight is 231 g/mol. The molecule has 0 aliphatic carbocycles. The van der Waals surface area contributed by atoms with Crippen LogP contribution in [0.4, 0.5) is 0 Å². The molecular weight excluding hydrogens is 226 g/mol. The normalized spacial score (nSPS) is 9.50. The molecule has 0 aromatic carbocycles. The van der Waals surface area contributed by atoms with Gasteiger partial charge in [-0.3, -0.25) is 24.7 Å². The van der Waals surface area contributed by atoms with Crippen molar-refractivity contribution in [1.82, 2.24) is 19.9 Å². The minimum Gasteiger partial charge on any atom is -0.328 e. The summed E-state index contributed by atoms with van der Waals surface area (Å²) in [5.41, 5.74) is -1.65. The molecule has 0 fully saturated rings. The summed E-state index contributed by atoms with van der Waals surface area (Å²) in [6.07, 6.45) is 0. The molecule has 0 unspecified atom stereocenters. The van der Waals surface area contributed by atoms with Gasteiger partial charge in [0.1, 0.15) is 11.2 Å². The van der Waals surface area contributed by atoms with Crippen molar-refractivity contribution in [2.45, 2.75) is 0 Å². The largest absolute Gasteiger partial charge is 0.328 e. The predicted molar refractivity (Wildman–Crippen MR) is 48.9 cm³/mol. The van der Waals surface area contributed by atoms with Crippen molar-refractivity contribution in [3.63, 3.8) is 0 Å². The second-order valence-corrected chi connectivity index (χ2v) is 2.48. The second kappa shape index (κ2) is 4.12. The monoisotopic (exact) mass is 231 g/mol. The number of hydrogen-bond acceptors (Lipinski definition) is 5. The van der Waals surface area contributed by atoms with Gasteiger partial charge < -0.3 is 5.21 Å². The van der Waals surface area contributed by atoms with Crippen LogP contribution in [0.2, 0.25) is 0 Å². The molecule has 0 radical (unpaired) electrons. The van der Waals surface area contributed by atoms with E-state index in [2.05, 4.69) is 15.0 Å². The predicted octanol–water partition coefficient (Wildman–Crippen LogP) is -2.11. The van der Waals surface area contributed by atoms with Gasteiger partial charge in [-0.1, -0.05) is 0 Å². The Labute approximate surface area is 83.9 Å². The number of imidazole rings is 1. The molecular formula is C5H5N5O6. The molecule has 0 atom stereocenters. The Morgan fingerprint density at radius 3 is 1.94 bits per heavy atom. The Morgan fingerprint density at radius 2 is 1.44 bits per heavy atom. The van der Waals surface area contributed by atoms with Crippen LogP contribution in [0.25, 0.3) is 11.2 Å². The SMILES string of the molecule is O=[N+]([O-])O.O=c1[nH]c(=O)c2[nH]c(=O)[nH]c2[nH]1. The zero-order valence-corrected chi connectivity index (χ0v) is 7.44. The lowest BCUT2D eigenvalue weighted by Crippen LogP contribution is -2.21. The molecule has 11 nitrogen and oxygen atoms in total. The van der Waals surface area contributed by atoms with Crippen LogP contribution in [0.1, 0.15) is 0 Å². The molecule has 2 aromatic heterocycles. The third-order valence-electron chi connectivity index (χ3n) is 1.42. The highest BCUT2D eigenvalue weighted by Crippen LogP contribution is 1.88. The first-order valence-corrected chi connectivity index (χ1v) is 3.68. The van der Waals surface area contributed by atoms with E-state index in [-0.39, 0.29) is 11.2 Å². The van der Waals surface area contributed by atoms with E-state index < -0.39 is 22.0 Å². The van der Waals surface area contributed by atoms with E-state index in [0.717, 1.165) is 0 Å². The van der Waals surface area contributed by atoms with Gasteiger partial charge in [0.25, 0.3) is 10.6 Å². The van der Waals surface area contributed by atoms with E-state index in [4.69, 9.17) is 15.3 Å². The molecule has 0 amide bonds. The molecule has 2 rings (SSSR count). The Bertz CT molecular complexity index is 669. The molecule has 11 heteroatoms. The van der Waals surface area contributed by atoms with Crippen LogP contribution in [0.3, 0.4) is 0 Å². The lowest BCUT2D eigenvalue weighted by atomic mass is 10.5. The van der Waals surface area contributed by atoms with E-state index >= 15 is 0 Å². The zero-order valence-electron chi connectivity index (χ0n) is 7.44. The first-order valence-electron chi connectivity index (χ1n) is 3.68. The van der Waals surface area contributed by atoms with Crippen molar-refractivity contribution in [2.24, 2.45) is 0 Å². The molecule has 2 aromatic rings. The molecule has 0 aliphatic rings. The van der Waals surface area contributed by atoms with Crippen molar-refractivity contribution in [3.8, 4) is 0 Å². The fourth-order valence-corrected chi connectivity index (χ4v) is 0.958. The fourth-order valence-electron chi connectivity index (χ4n) is 0.958. The molecule has 0 saturated heterocycles. The number of fused-ring (bicyclic) bond motifs is 1. The average Bonchev–Trinajstić information content (AvgIpc) is 2.44. The minimum atomic E-state index is -1.50. The van der Waals surface area contributed by atoms with Crippen LogP contribution in [0, 0.1) is 10.1 Å². The Hall–Kier alpha value is -2.85. The summed E-state index contributed by atoms with van der Waals surface area (Å²) in [6.45, 7) is 0. The zero-order chi connectivity index (χ0) is 12.3. The van der Waals surface area contributed by atoms with E-state index in [9.17, 15) is 14.4 Å². The summed E-state index contributed by atoms with van der Waals surface area (Å²) >= 11 is 0. The van der Waals surface area contributed by atoms with Crippen LogP contribution in [-0.4, -0.2) is 30.2 Å². The van der Waals surface area contributed by atoms with Gasteiger partial charge >= 0.3 is 11.4 Å². The number of hydrogen-bond donors (Lipinski definition) is 5. The van der Waals surface area contributed by atoms with Gasteiger partial charge in [-0.25, -0.2) is 9.59 Å². The van der Waals surface area contributed by atoms with E-state index in [1.807, 2.05) is 4.98 Å². The number of nitrogens with one attached hydrogen (secondary N) is 4. The Morgan fingerprint density at radius 1 is 1.00 bits per heavy atom. The van der Waals surface area contributed by atoms with Crippen LogP contribution in [-0.2, 0) is 0 Å². The van der Waals surface area contributed by atoms with Crippen molar-refractivity contribution >= 4 is 11.2 Å². The number of H-pyrrole nitrogens is 4. The summed E-state index contributed by atoms with van der Waals surface area (Å²) in [4.78, 5) is 49.3. The first-order chi connectivity index (χ1) is 7.40. The maximum absolute atomic E-state index is 10.9. The van der Waals surface area contributed by atoms with Gasteiger partial charge in [-0.15, -0.1) is 10.1 Å². The minimum absolute atomic E-state index is 0.0413. The van der Waals surface area contributed by atoms with Gasteiger partial charge in [-0.05, 0) is 0 Å². The summed E-state index contributed by atoms with van der Waals surface area (Å²) < 4.78 is 0. The molecule has 0 spiro atoms. The lowest BCUT2D eigenvalue weighted by molar-refractivity contribution is -0.742. The topological polar surface area (TPSA) is 178 Å². The van der Waals surface area contributed by atoms with E-state index in [0.29, 0.717) is 0 Å². The van der Waals surface area contributed by atoms with E-state index in [1.54, 1.807) is 0 Å². The molecule has 16 heavy (non-hydrogen) atoms. The molecule has 0 saturated carbocycles. The molecule has 2 heterocycles. The number of aromatic amines is 4. The summed E-state index contributed by atoms with van der Waals surface area (Å²) in [5, 5.41) is 13.6. The van der Waals surface area contributed by atoms with Gasteiger partial charge in [0.15, 0.2) is 0 Å². The molecule has 0 aliphatic heterocycles. The number of nitrogens with zero attached hydrogens (tertiary/aromatic N) is 1. The summed E-state index contributed by atoms with van der Waals surface area (Å²) in [7, 11) is 0. The Kier molecular flexibility index (Phi) is 2.89. The Balaban J connectivity index is 0.000000280. The van der Waals surface area contributed by atoms with Crippen molar-refractivity contribution < 1.29 is 10.3 Å². The van der Waals surface area contributed by atoms with Crippen LogP contribution in [0.15, 0.2) is 14.4 Å². The maximum atomic E-state index is 10.9. The van der Waals surface area contributed by atoms with Crippen molar-refractivity contribution in [1.29, 1.82) is 0 Å². The number of aromatic nitrogens is 4. The standard InChI is InChI=1S/C5H4N4O3.HNO3/c10-3-1-2(7-4(11)6-1)8-5(12)9-3;2-1(3)4/h(H4,6,7,8,9,10,11,12);(H,2,3,4). The third-order valence-corrected chi connectivity index (χ3v) is 1.42. The quantitative estimate of drug-likeness (QED) is 0.255. The maximum Gasteiger partial charge on any atom is 0.327 e. The highest BCUT2D eigenvalue weighted by atomic mass is 16.9. The van der Waals surface area contributed by atoms with Crippen LogP contribution in [0.5, 0.6) is 0 Å². The third kappa shape index (κ3) is 2.57. The smallest absolute Gasteiger partial charge is 0.327 e. The van der Waals surface area contributed by atoms with Gasteiger partial charge in [-0.2, -0.15) is 0 Å². The second-order valence-electron chi connectivity index (χ2n) is 2.48. The fraction of sp³-hybridized carbons (Fsp3) is 0. The first kappa shape index (κ1) is 11.2. The van der Waals surface area contributed by atoms with Gasteiger partial charge in [0.2, 0.25) is 0 Å². The van der Waals surface area contributed by atoms with Gasteiger partial charge in [0.05, 0.1) is 0 Å². The van der Waals surface area contributed by atoms with Crippen LogP contribution >= 0.6 is 0 Å². The van der Waals surface area contributed by atoms with Crippen molar-refractivity contribution in [2.75, 3.05) is 0 Å². The lowest BCUT2D eigenvalue weighted by Gasteiger charge is -1.83. The highest BCUT2D eigenvalue weighted by molar-refractivity contribution is 5.67. The summed E-state index contributed by atoms with van der Waals surface area (Å²) in [5.74, 6) is 0.